The van der Waals surface area contributed by atoms with Gasteiger partial charge in [0.15, 0.2) is 0 Å². The molecule has 0 atom stereocenters. The van der Waals surface area contributed by atoms with E-state index in [0.29, 0.717) is 47.7 Å². The fourth-order valence-corrected chi connectivity index (χ4v) is 16.8. The molecular formula is C26H34N2O2S10. The second-order valence-electron chi connectivity index (χ2n) is 8.04. The Kier molecular flexibility index (Phi) is 19.7. The molecule has 14 heteroatoms. The molecule has 0 aromatic carbocycles. The van der Waals surface area contributed by atoms with Crippen molar-refractivity contribution in [3.8, 4) is 12.1 Å². The molecule has 0 radical (unpaired) electrons. The number of allylic oxidation sites excluding steroid dienone is 2. The number of nitriles is 2. The summed E-state index contributed by atoms with van der Waals surface area (Å²) in [6.45, 7) is 7.00. The Labute approximate surface area is 282 Å². The summed E-state index contributed by atoms with van der Waals surface area (Å²) in [5, 5.41) is 18.9. The van der Waals surface area contributed by atoms with E-state index in [1.807, 2.05) is 94.1 Å². The summed E-state index contributed by atoms with van der Waals surface area (Å²) in [7, 11) is 0. The molecule has 220 valence electrons. The zero-order valence-electron chi connectivity index (χ0n) is 22.7. The van der Waals surface area contributed by atoms with E-state index in [1.165, 1.54) is 86.1 Å². The maximum Gasteiger partial charge on any atom is 0.109 e. The molecule has 0 aliphatic carbocycles. The number of ether oxygens (including phenoxy) is 2. The van der Waals surface area contributed by atoms with Gasteiger partial charge in [0.1, 0.15) is 21.9 Å². The van der Waals surface area contributed by atoms with E-state index in [-0.39, 0.29) is 0 Å². The fourth-order valence-electron chi connectivity index (χ4n) is 2.98. The van der Waals surface area contributed by atoms with Crippen molar-refractivity contribution in [2.45, 2.75) is 39.5 Å². The lowest BCUT2D eigenvalue weighted by molar-refractivity contribution is 0.167. The molecule has 3 aliphatic rings. The zero-order chi connectivity index (χ0) is 28.4. The molecule has 0 bridgehead atoms. The van der Waals surface area contributed by atoms with Crippen molar-refractivity contribution in [3.05, 3.63) is 35.2 Å². The van der Waals surface area contributed by atoms with Crippen LogP contribution in [0.5, 0.6) is 0 Å². The summed E-state index contributed by atoms with van der Waals surface area (Å²) >= 11 is 18.5. The van der Waals surface area contributed by atoms with Crippen LogP contribution in [0.2, 0.25) is 0 Å². The number of hydrogen-bond acceptors (Lipinski definition) is 14. The van der Waals surface area contributed by atoms with Gasteiger partial charge in [0.25, 0.3) is 0 Å². The second kappa shape index (κ2) is 22.0. The minimum atomic E-state index is 0.480. The van der Waals surface area contributed by atoms with Gasteiger partial charge < -0.3 is 9.47 Å². The van der Waals surface area contributed by atoms with E-state index in [0.717, 1.165) is 11.5 Å². The first-order valence-electron chi connectivity index (χ1n) is 13.1. The highest BCUT2D eigenvalue weighted by Crippen LogP contribution is 2.66. The highest BCUT2D eigenvalue weighted by Gasteiger charge is 2.30. The van der Waals surface area contributed by atoms with Gasteiger partial charge >= 0.3 is 0 Å². The smallest absolute Gasteiger partial charge is 0.109 e. The van der Waals surface area contributed by atoms with Gasteiger partial charge in [0.2, 0.25) is 0 Å². The molecule has 0 aromatic rings. The van der Waals surface area contributed by atoms with E-state index in [1.54, 1.807) is 0 Å². The standard InChI is InChI=1S/C26H34N2O2S10/c1-3-5-11-33-21-22(34-12-6-4-2)38-25(37-21)26-39-23-24(40-26)36-16-10-30-8-14-32-20(18-28)19(17-27)31-13-7-29-9-15-35-23/h3-16H2,1-2H3/b20-19-. The third-order valence-corrected chi connectivity index (χ3v) is 18.7. The highest BCUT2D eigenvalue weighted by atomic mass is 32.3. The van der Waals surface area contributed by atoms with E-state index < -0.39 is 0 Å². The lowest BCUT2D eigenvalue weighted by Crippen LogP contribution is -2.03. The summed E-state index contributed by atoms with van der Waals surface area (Å²) in [5.74, 6) is 5.52. The minimum absolute atomic E-state index is 0.480. The van der Waals surface area contributed by atoms with E-state index in [2.05, 4.69) is 26.0 Å². The number of nitrogens with zero attached hydrogens (tertiary/aromatic N) is 2. The average molecular weight is 727 g/mol. The van der Waals surface area contributed by atoms with E-state index in [4.69, 9.17) is 9.47 Å². The Balaban J connectivity index is 1.61. The van der Waals surface area contributed by atoms with Crippen LogP contribution in [-0.2, 0) is 9.47 Å². The van der Waals surface area contributed by atoms with Crippen molar-refractivity contribution in [2.24, 2.45) is 0 Å². The summed E-state index contributed by atoms with van der Waals surface area (Å²) in [5.41, 5.74) is 0. The van der Waals surface area contributed by atoms with E-state index >= 15 is 0 Å². The Morgan fingerprint density at radius 2 is 1.00 bits per heavy atom. The summed E-state index contributed by atoms with van der Waals surface area (Å²) in [6, 6.07) is 4.36. The molecule has 0 spiro atoms. The van der Waals surface area contributed by atoms with Crippen LogP contribution < -0.4 is 0 Å². The van der Waals surface area contributed by atoms with Gasteiger partial charge in [-0.3, -0.25) is 0 Å². The Hall–Kier alpha value is 1.36. The topological polar surface area (TPSA) is 66.0 Å². The Morgan fingerprint density at radius 3 is 1.40 bits per heavy atom. The van der Waals surface area contributed by atoms with Crippen LogP contribution in [-0.4, -0.2) is 60.9 Å². The van der Waals surface area contributed by atoms with E-state index in [9.17, 15) is 10.5 Å². The Morgan fingerprint density at radius 1 is 0.600 bits per heavy atom. The van der Waals surface area contributed by atoms with Crippen LogP contribution in [0.1, 0.15) is 39.5 Å². The van der Waals surface area contributed by atoms with Gasteiger partial charge in [-0.05, 0) is 24.3 Å². The third kappa shape index (κ3) is 12.8. The molecule has 0 saturated carbocycles. The molecule has 0 fully saturated rings. The van der Waals surface area contributed by atoms with Crippen molar-refractivity contribution >= 4 is 118 Å². The first-order valence-corrected chi connectivity index (χ1v) is 22.3. The minimum Gasteiger partial charge on any atom is -0.380 e. The van der Waals surface area contributed by atoms with Crippen LogP contribution in [0.25, 0.3) is 0 Å². The fraction of sp³-hybridized carbons (Fsp3) is 0.615. The van der Waals surface area contributed by atoms with Gasteiger partial charge in [0, 0.05) is 23.0 Å². The number of unbranched alkanes of at least 4 members (excludes halogenated alkanes) is 2. The molecule has 3 heterocycles. The Bertz CT molecular complexity index is 969. The molecule has 4 nitrogen and oxygen atoms in total. The van der Waals surface area contributed by atoms with Crippen molar-refractivity contribution in [1.29, 1.82) is 10.5 Å². The summed E-state index contributed by atoms with van der Waals surface area (Å²) in [4.78, 5) is 0.959. The maximum atomic E-state index is 9.47. The molecule has 0 unspecified atom stereocenters. The van der Waals surface area contributed by atoms with Crippen LogP contribution in [0, 0.1) is 22.7 Å². The SMILES string of the molecule is CCCCSC1=C(SCCCC)SC(=C2SC3=C(SCCOCCS/C(C#N)=C(/C#N)SCCOCCS3)S2)S1. The molecule has 3 aliphatic heterocycles. The molecular weight excluding hydrogens is 693 g/mol. The molecule has 40 heavy (non-hydrogen) atoms. The predicted octanol–water partition coefficient (Wildman–Crippen LogP) is 10.6. The van der Waals surface area contributed by atoms with Gasteiger partial charge in [-0.15, -0.1) is 70.6 Å². The van der Waals surface area contributed by atoms with Crippen molar-refractivity contribution < 1.29 is 9.47 Å². The first kappa shape index (κ1) is 35.8. The number of hydrogen-bond donors (Lipinski definition) is 0. The first-order chi connectivity index (χ1) is 19.7. The second-order valence-corrected chi connectivity index (χ2v) is 20.3. The molecule has 3 rings (SSSR count). The van der Waals surface area contributed by atoms with Crippen molar-refractivity contribution in [1.82, 2.24) is 0 Å². The lowest BCUT2D eigenvalue weighted by atomic mass is 10.4. The van der Waals surface area contributed by atoms with Crippen LogP contribution in [0.15, 0.2) is 35.2 Å². The third-order valence-electron chi connectivity index (χ3n) is 4.98. The van der Waals surface area contributed by atoms with Gasteiger partial charge in [0.05, 0.1) is 51.9 Å². The van der Waals surface area contributed by atoms with Gasteiger partial charge in [-0.2, -0.15) is 10.5 Å². The van der Waals surface area contributed by atoms with Gasteiger partial charge in [-0.25, -0.2) is 0 Å². The summed E-state index contributed by atoms with van der Waals surface area (Å²) in [6.07, 6.45) is 5.01. The molecule has 0 aromatic heterocycles. The van der Waals surface area contributed by atoms with Crippen LogP contribution in [0.4, 0.5) is 0 Å². The zero-order valence-corrected chi connectivity index (χ0v) is 30.9. The molecule has 0 N–H and O–H groups in total. The monoisotopic (exact) mass is 726 g/mol. The molecule has 0 saturated heterocycles. The highest BCUT2D eigenvalue weighted by molar-refractivity contribution is 8.45. The number of thioether (sulfide) groups is 10. The van der Waals surface area contributed by atoms with Crippen LogP contribution in [0.3, 0.4) is 0 Å². The van der Waals surface area contributed by atoms with Crippen molar-refractivity contribution in [3.63, 3.8) is 0 Å². The van der Waals surface area contributed by atoms with Gasteiger partial charge in [-0.1, -0.05) is 73.7 Å². The quantitative estimate of drug-likeness (QED) is 0.223. The predicted molar refractivity (Wildman–Crippen MR) is 196 cm³/mol. The van der Waals surface area contributed by atoms with Crippen molar-refractivity contribution in [2.75, 3.05) is 60.9 Å². The lowest BCUT2D eigenvalue weighted by Gasteiger charge is -2.08. The van der Waals surface area contributed by atoms with Crippen LogP contribution >= 0.6 is 118 Å². The summed E-state index contributed by atoms with van der Waals surface area (Å²) < 4.78 is 20.4. The molecule has 0 amide bonds. The average Bonchev–Trinajstić information content (AvgIpc) is 3.56. The normalized spacial score (nSPS) is 22.6. The largest absolute Gasteiger partial charge is 0.380 e. The maximum absolute atomic E-state index is 9.47. The number of rotatable bonds is 8.